The second-order valence-corrected chi connectivity index (χ2v) is 5.31. The van der Waals surface area contributed by atoms with Crippen molar-refractivity contribution in [2.75, 3.05) is 31.1 Å². The highest BCUT2D eigenvalue weighted by Gasteiger charge is 2.17. The van der Waals surface area contributed by atoms with Crippen molar-refractivity contribution >= 4 is 17.3 Å². The standard InChI is InChI=1S/C15H17ClN2O/c16-14-2-1-3-15(10-14)18-7-5-17(6-8-18)11-13-4-9-19-12-13/h1-4,9-10,12H,5-8,11H2. The van der Waals surface area contributed by atoms with E-state index in [0.29, 0.717) is 0 Å². The largest absolute Gasteiger partial charge is 0.472 e. The van der Waals surface area contributed by atoms with Gasteiger partial charge in [-0.2, -0.15) is 0 Å². The van der Waals surface area contributed by atoms with Gasteiger partial charge in [-0.1, -0.05) is 17.7 Å². The van der Waals surface area contributed by atoms with E-state index < -0.39 is 0 Å². The molecule has 0 N–H and O–H groups in total. The van der Waals surface area contributed by atoms with Gasteiger partial charge in [0, 0.05) is 49.0 Å². The lowest BCUT2D eigenvalue weighted by molar-refractivity contribution is 0.249. The summed E-state index contributed by atoms with van der Waals surface area (Å²) in [5.74, 6) is 0. The Morgan fingerprint density at radius 1 is 1.11 bits per heavy atom. The van der Waals surface area contributed by atoms with Crippen molar-refractivity contribution in [2.24, 2.45) is 0 Å². The Morgan fingerprint density at radius 3 is 2.63 bits per heavy atom. The maximum absolute atomic E-state index is 6.04. The molecule has 0 radical (unpaired) electrons. The maximum atomic E-state index is 6.04. The van der Waals surface area contributed by atoms with Crippen LogP contribution in [0.15, 0.2) is 47.3 Å². The van der Waals surface area contributed by atoms with Crippen LogP contribution in [-0.2, 0) is 6.54 Å². The average molecular weight is 277 g/mol. The number of rotatable bonds is 3. The summed E-state index contributed by atoms with van der Waals surface area (Å²) in [5, 5.41) is 0.804. The molecule has 1 saturated heterocycles. The fraction of sp³-hybridized carbons (Fsp3) is 0.333. The number of furan rings is 1. The number of hydrogen-bond donors (Lipinski definition) is 0. The van der Waals surface area contributed by atoms with Crippen LogP contribution in [0.25, 0.3) is 0 Å². The van der Waals surface area contributed by atoms with Crippen molar-refractivity contribution < 1.29 is 4.42 Å². The molecule has 100 valence electrons. The summed E-state index contributed by atoms with van der Waals surface area (Å²) in [5.41, 5.74) is 2.46. The van der Waals surface area contributed by atoms with E-state index in [1.807, 2.05) is 30.5 Å². The molecule has 1 aromatic carbocycles. The molecule has 2 aromatic rings. The second-order valence-electron chi connectivity index (χ2n) is 4.87. The van der Waals surface area contributed by atoms with Crippen LogP contribution in [0.3, 0.4) is 0 Å². The zero-order valence-electron chi connectivity index (χ0n) is 10.8. The van der Waals surface area contributed by atoms with Crippen LogP contribution >= 0.6 is 11.6 Å². The van der Waals surface area contributed by atoms with Crippen molar-refractivity contribution in [3.8, 4) is 0 Å². The van der Waals surface area contributed by atoms with Crippen LogP contribution < -0.4 is 4.90 Å². The number of hydrogen-bond acceptors (Lipinski definition) is 3. The van der Waals surface area contributed by atoms with E-state index in [0.717, 1.165) is 37.7 Å². The molecule has 3 rings (SSSR count). The SMILES string of the molecule is Clc1cccc(N2CCN(Cc3ccoc3)CC2)c1. The van der Waals surface area contributed by atoms with Gasteiger partial charge in [0.05, 0.1) is 12.5 Å². The summed E-state index contributed by atoms with van der Waals surface area (Å²) >= 11 is 6.04. The molecular weight excluding hydrogens is 260 g/mol. The lowest BCUT2D eigenvalue weighted by Crippen LogP contribution is -2.45. The number of halogens is 1. The van der Waals surface area contributed by atoms with Crippen LogP contribution in [0.4, 0.5) is 5.69 Å². The van der Waals surface area contributed by atoms with Gasteiger partial charge in [0.25, 0.3) is 0 Å². The van der Waals surface area contributed by atoms with E-state index in [1.165, 1.54) is 11.3 Å². The van der Waals surface area contributed by atoms with E-state index in [-0.39, 0.29) is 0 Å². The fourth-order valence-electron chi connectivity index (χ4n) is 2.48. The van der Waals surface area contributed by atoms with Gasteiger partial charge in [0.15, 0.2) is 0 Å². The van der Waals surface area contributed by atoms with Crippen molar-refractivity contribution in [3.05, 3.63) is 53.4 Å². The monoisotopic (exact) mass is 276 g/mol. The first-order chi connectivity index (χ1) is 9.31. The molecule has 0 spiro atoms. The van der Waals surface area contributed by atoms with Crippen molar-refractivity contribution in [2.45, 2.75) is 6.54 Å². The van der Waals surface area contributed by atoms with Crippen molar-refractivity contribution in [3.63, 3.8) is 0 Å². The Bertz CT molecular complexity index is 519. The summed E-state index contributed by atoms with van der Waals surface area (Å²) in [6, 6.07) is 10.1. The first-order valence-electron chi connectivity index (χ1n) is 6.55. The predicted molar refractivity (Wildman–Crippen MR) is 77.7 cm³/mol. The molecule has 0 amide bonds. The van der Waals surface area contributed by atoms with Crippen LogP contribution in [0.2, 0.25) is 5.02 Å². The fourth-order valence-corrected chi connectivity index (χ4v) is 2.66. The zero-order chi connectivity index (χ0) is 13.1. The highest BCUT2D eigenvalue weighted by atomic mass is 35.5. The van der Waals surface area contributed by atoms with Crippen LogP contribution in [0, 0.1) is 0 Å². The van der Waals surface area contributed by atoms with Gasteiger partial charge in [0.1, 0.15) is 0 Å². The third-order valence-corrected chi connectivity index (χ3v) is 3.77. The van der Waals surface area contributed by atoms with Gasteiger partial charge < -0.3 is 9.32 Å². The molecule has 1 aliphatic rings. The number of benzene rings is 1. The second kappa shape index (κ2) is 5.68. The van der Waals surface area contributed by atoms with Crippen molar-refractivity contribution in [1.82, 2.24) is 4.90 Å². The number of nitrogens with zero attached hydrogens (tertiary/aromatic N) is 2. The van der Waals surface area contributed by atoms with Gasteiger partial charge in [-0.05, 0) is 24.3 Å². The normalized spacial score (nSPS) is 16.8. The van der Waals surface area contributed by atoms with E-state index in [2.05, 4.69) is 15.9 Å². The molecule has 19 heavy (non-hydrogen) atoms. The third-order valence-electron chi connectivity index (χ3n) is 3.53. The molecule has 4 heteroatoms. The first kappa shape index (κ1) is 12.6. The van der Waals surface area contributed by atoms with Gasteiger partial charge in [-0.15, -0.1) is 0 Å². The summed E-state index contributed by atoms with van der Waals surface area (Å²) < 4.78 is 5.11. The van der Waals surface area contributed by atoms with Gasteiger partial charge in [-0.25, -0.2) is 0 Å². The van der Waals surface area contributed by atoms with E-state index in [4.69, 9.17) is 16.0 Å². The Hall–Kier alpha value is -1.45. The molecule has 0 atom stereocenters. The Kier molecular flexibility index (Phi) is 3.76. The minimum absolute atomic E-state index is 0.804. The predicted octanol–water partition coefficient (Wildman–Crippen LogP) is 3.26. The van der Waals surface area contributed by atoms with E-state index in [9.17, 15) is 0 Å². The Labute approximate surface area is 118 Å². The lowest BCUT2D eigenvalue weighted by atomic mass is 10.2. The summed E-state index contributed by atoms with van der Waals surface area (Å²) in [4.78, 5) is 4.84. The van der Waals surface area contributed by atoms with Crippen LogP contribution in [0.5, 0.6) is 0 Å². The number of piperazine rings is 1. The molecule has 0 bridgehead atoms. The van der Waals surface area contributed by atoms with E-state index >= 15 is 0 Å². The topological polar surface area (TPSA) is 19.6 Å². The maximum Gasteiger partial charge on any atom is 0.0947 e. The summed E-state index contributed by atoms with van der Waals surface area (Å²) in [7, 11) is 0. The minimum Gasteiger partial charge on any atom is -0.472 e. The van der Waals surface area contributed by atoms with Crippen LogP contribution in [-0.4, -0.2) is 31.1 Å². The lowest BCUT2D eigenvalue weighted by Gasteiger charge is -2.36. The summed E-state index contributed by atoms with van der Waals surface area (Å²) in [6.45, 7) is 5.19. The molecule has 1 aliphatic heterocycles. The highest BCUT2D eigenvalue weighted by Crippen LogP contribution is 2.21. The molecule has 3 nitrogen and oxygen atoms in total. The highest BCUT2D eigenvalue weighted by molar-refractivity contribution is 6.30. The van der Waals surface area contributed by atoms with Gasteiger partial charge in [-0.3, -0.25) is 4.90 Å². The minimum atomic E-state index is 0.804. The van der Waals surface area contributed by atoms with Gasteiger partial charge >= 0.3 is 0 Å². The smallest absolute Gasteiger partial charge is 0.0947 e. The molecule has 0 saturated carbocycles. The molecular formula is C15H17ClN2O. The third kappa shape index (κ3) is 3.11. The quantitative estimate of drug-likeness (QED) is 0.858. The molecule has 0 aliphatic carbocycles. The molecule has 1 fully saturated rings. The number of anilines is 1. The van der Waals surface area contributed by atoms with Crippen molar-refractivity contribution in [1.29, 1.82) is 0 Å². The van der Waals surface area contributed by atoms with Gasteiger partial charge in [0.2, 0.25) is 0 Å². The van der Waals surface area contributed by atoms with E-state index in [1.54, 1.807) is 6.26 Å². The molecule has 1 aromatic heterocycles. The molecule has 0 unspecified atom stereocenters. The Morgan fingerprint density at radius 2 is 1.95 bits per heavy atom. The zero-order valence-corrected chi connectivity index (χ0v) is 11.5. The average Bonchev–Trinajstić information content (AvgIpc) is 2.92. The van der Waals surface area contributed by atoms with Crippen LogP contribution in [0.1, 0.15) is 5.56 Å². The first-order valence-corrected chi connectivity index (χ1v) is 6.93. The summed E-state index contributed by atoms with van der Waals surface area (Å²) in [6.07, 6.45) is 3.56. The Balaban J connectivity index is 1.57. The molecule has 2 heterocycles.